The van der Waals surface area contributed by atoms with Crippen LogP contribution in [0.2, 0.25) is 0 Å². The molecule has 0 aromatic heterocycles. The molecule has 4 heteroatoms. The van der Waals surface area contributed by atoms with Crippen LogP contribution < -0.4 is 5.43 Å². The summed E-state index contributed by atoms with van der Waals surface area (Å²) in [6.07, 6.45) is 0.752. The van der Waals surface area contributed by atoms with Gasteiger partial charge in [0.1, 0.15) is 0 Å². The lowest BCUT2D eigenvalue weighted by Crippen LogP contribution is -2.41. The molecule has 0 radical (unpaired) electrons. The van der Waals surface area contributed by atoms with Crippen molar-refractivity contribution in [1.82, 2.24) is 5.43 Å². The summed E-state index contributed by atoms with van der Waals surface area (Å²) in [6.45, 7) is 0. The Balaban J connectivity index is 1.99. The van der Waals surface area contributed by atoms with Crippen LogP contribution in [0, 0.1) is 0 Å². The van der Waals surface area contributed by atoms with E-state index in [1.807, 2.05) is 42.5 Å². The third kappa shape index (κ3) is 2.30. The summed E-state index contributed by atoms with van der Waals surface area (Å²) in [5.41, 5.74) is 6.99. The number of rotatable bonds is 3. The summed E-state index contributed by atoms with van der Waals surface area (Å²) in [7, 11) is 1.56. The number of ether oxygens (including phenoxy) is 1. The summed E-state index contributed by atoms with van der Waals surface area (Å²) < 4.78 is 5.35. The number of fused-ring (bicyclic) bond motifs is 1. The molecule has 102 valence electrons. The van der Waals surface area contributed by atoms with Crippen molar-refractivity contribution in [2.24, 2.45) is 5.10 Å². The first-order valence-electron chi connectivity index (χ1n) is 6.44. The van der Waals surface area contributed by atoms with E-state index in [0.717, 1.165) is 23.3 Å². The van der Waals surface area contributed by atoms with E-state index >= 15 is 0 Å². The lowest BCUT2D eigenvalue weighted by molar-refractivity contribution is 0.0303. The Morgan fingerprint density at radius 3 is 2.55 bits per heavy atom. The summed E-state index contributed by atoms with van der Waals surface area (Å²) in [4.78, 5) is 0. The van der Waals surface area contributed by atoms with E-state index in [9.17, 15) is 0 Å². The Hall–Kier alpha value is -1.84. The Morgan fingerprint density at radius 1 is 1.10 bits per heavy atom. The van der Waals surface area contributed by atoms with Gasteiger partial charge in [0, 0.05) is 24.7 Å². The molecule has 1 atom stereocenters. The van der Waals surface area contributed by atoms with Gasteiger partial charge in [-0.1, -0.05) is 66.2 Å². The van der Waals surface area contributed by atoms with Crippen molar-refractivity contribution in [3.8, 4) is 0 Å². The number of methoxy groups -OCH3 is 1. The summed E-state index contributed by atoms with van der Waals surface area (Å²) in [5, 5.41) is 3.31. The lowest BCUT2D eigenvalue weighted by atomic mass is 9.96. The molecule has 1 aliphatic rings. The smallest absolute Gasteiger partial charge is 0.259 e. The van der Waals surface area contributed by atoms with E-state index < -0.39 is 5.18 Å². The maximum Gasteiger partial charge on any atom is 0.259 e. The van der Waals surface area contributed by atoms with Crippen LogP contribution in [0.3, 0.4) is 0 Å². The van der Waals surface area contributed by atoms with Gasteiger partial charge in [0.25, 0.3) is 5.18 Å². The molecule has 20 heavy (non-hydrogen) atoms. The summed E-state index contributed by atoms with van der Waals surface area (Å²) >= 11 is 6.42. The Kier molecular flexibility index (Phi) is 3.47. The molecule has 1 N–H and O–H groups in total. The SMILES string of the molecule is COC1(Cl)NN=C(Cc2ccccc2)c2ccccc21. The standard InChI is InChI=1S/C16H15ClN2O/c1-20-16(17)14-10-6-5-9-13(14)15(18-19-16)11-12-7-3-2-4-8-12/h2-10,19H,11H2,1H3. The van der Waals surface area contributed by atoms with Gasteiger partial charge in [-0.25, -0.2) is 0 Å². The maximum atomic E-state index is 6.42. The fourth-order valence-electron chi connectivity index (χ4n) is 2.35. The molecular formula is C16H15ClN2O. The zero-order chi connectivity index (χ0) is 14.0. The highest BCUT2D eigenvalue weighted by Crippen LogP contribution is 2.33. The van der Waals surface area contributed by atoms with Gasteiger partial charge in [-0.05, 0) is 5.56 Å². The second-order valence-electron chi connectivity index (χ2n) is 4.68. The molecule has 3 nitrogen and oxygen atoms in total. The zero-order valence-electron chi connectivity index (χ0n) is 11.1. The average molecular weight is 287 g/mol. The van der Waals surface area contributed by atoms with E-state index in [1.165, 1.54) is 5.56 Å². The van der Waals surface area contributed by atoms with Crippen LogP contribution in [0.1, 0.15) is 16.7 Å². The molecule has 0 saturated heterocycles. The minimum atomic E-state index is -1.09. The molecule has 2 aromatic rings. The fraction of sp³-hybridized carbons (Fsp3) is 0.188. The minimum Gasteiger partial charge on any atom is -0.341 e. The van der Waals surface area contributed by atoms with E-state index in [1.54, 1.807) is 7.11 Å². The van der Waals surface area contributed by atoms with Gasteiger partial charge in [0.2, 0.25) is 0 Å². The minimum absolute atomic E-state index is 0.752. The van der Waals surface area contributed by atoms with Crippen molar-refractivity contribution >= 4 is 17.3 Å². The fourth-order valence-corrected chi connectivity index (χ4v) is 2.56. The Morgan fingerprint density at radius 2 is 1.80 bits per heavy atom. The van der Waals surface area contributed by atoms with Gasteiger partial charge in [0.15, 0.2) is 0 Å². The number of benzene rings is 2. The van der Waals surface area contributed by atoms with Gasteiger partial charge >= 0.3 is 0 Å². The van der Waals surface area contributed by atoms with Crippen molar-refractivity contribution in [2.45, 2.75) is 11.6 Å². The number of hydrazone groups is 1. The first-order chi connectivity index (χ1) is 9.73. The largest absolute Gasteiger partial charge is 0.341 e. The van der Waals surface area contributed by atoms with E-state index in [2.05, 4.69) is 22.7 Å². The van der Waals surface area contributed by atoms with Gasteiger partial charge in [-0.15, -0.1) is 0 Å². The first-order valence-corrected chi connectivity index (χ1v) is 6.82. The first kappa shape index (κ1) is 13.2. The topological polar surface area (TPSA) is 33.6 Å². The van der Waals surface area contributed by atoms with E-state index in [4.69, 9.17) is 16.3 Å². The molecule has 0 bridgehead atoms. The van der Waals surface area contributed by atoms with E-state index in [0.29, 0.717) is 0 Å². The number of nitrogens with zero attached hydrogens (tertiary/aromatic N) is 1. The molecule has 2 aromatic carbocycles. The van der Waals surface area contributed by atoms with Gasteiger partial charge in [-0.3, -0.25) is 5.43 Å². The quantitative estimate of drug-likeness (QED) is 0.694. The van der Waals surface area contributed by atoms with Crippen molar-refractivity contribution in [3.05, 3.63) is 71.3 Å². The van der Waals surface area contributed by atoms with Gasteiger partial charge < -0.3 is 4.74 Å². The normalized spacial score (nSPS) is 20.8. The van der Waals surface area contributed by atoms with Crippen LogP contribution in [0.4, 0.5) is 0 Å². The van der Waals surface area contributed by atoms with Crippen molar-refractivity contribution in [1.29, 1.82) is 0 Å². The third-order valence-electron chi connectivity index (χ3n) is 3.41. The van der Waals surface area contributed by atoms with Crippen molar-refractivity contribution in [3.63, 3.8) is 0 Å². The predicted molar refractivity (Wildman–Crippen MR) is 80.8 cm³/mol. The highest BCUT2D eigenvalue weighted by molar-refractivity contribution is 6.24. The summed E-state index contributed by atoms with van der Waals surface area (Å²) in [5.74, 6) is 0. The van der Waals surface area contributed by atoms with E-state index in [-0.39, 0.29) is 0 Å². The van der Waals surface area contributed by atoms with Crippen molar-refractivity contribution < 1.29 is 4.74 Å². The van der Waals surface area contributed by atoms with Crippen LogP contribution in [0.25, 0.3) is 0 Å². The third-order valence-corrected chi connectivity index (χ3v) is 3.86. The number of hydrogen-bond donors (Lipinski definition) is 1. The van der Waals surface area contributed by atoms with Crippen LogP contribution in [-0.4, -0.2) is 12.8 Å². The summed E-state index contributed by atoms with van der Waals surface area (Å²) in [6, 6.07) is 18.1. The van der Waals surface area contributed by atoms with Crippen LogP contribution >= 0.6 is 11.6 Å². The van der Waals surface area contributed by atoms with Crippen LogP contribution in [0.15, 0.2) is 59.7 Å². The second kappa shape index (κ2) is 5.27. The maximum absolute atomic E-state index is 6.42. The molecular weight excluding hydrogens is 272 g/mol. The molecule has 0 spiro atoms. The molecule has 0 saturated carbocycles. The monoisotopic (exact) mass is 286 g/mol. The molecule has 3 rings (SSSR count). The van der Waals surface area contributed by atoms with Crippen molar-refractivity contribution in [2.75, 3.05) is 7.11 Å². The number of hydrogen-bond acceptors (Lipinski definition) is 3. The molecule has 1 unspecified atom stereocenters. The molecule has 0 fully saturated rings. The van der Waals surface area contributed by atoms with Gasteiger partial charge in [-0.2, -0.15) is 5.10 Å². The van der Waals surface area contributed by atoms with Gasteiger partial charge in [0.05, 0.1) is 5.71 Å². The number of alkyl halides is 1. The average Bonchev–Trinajstić information content (AvgIpc) is 2.52. The number of halogens is 1. The predicted octanol–water partition coefficient (Wildman–Crippen LogP) is 3.23. The highest BCUT2D eigenvalue weighted by atomic mass is 35.5. The highest BCUT2D eigenvalue weighted by Gasteiger charge is 2.35. The Bertz CT molecular complexity index is 642. The molecule has 0 aliphatic carbocycles. The van der Waals surface area contributed by atoms with Crippen LogP contribution in [0.5, 0.6) is 0 Å². The second-order valence-corrected chi connectivity index (χ2v) is 5.21. The Labute approximate surface area is 123 Å². The number of nitrogens with one attached hydrogen (secondary N) is 1. The molecule has 0 amide bonds. The molecule has 1 heterocycles. The lowest BCUT2D eigenvalue weighted by Gasteiger charge is -2.31. The molecule has 1 aliphatic heterocycles. The van der Waals surface area contributed by atoms with Crippen LogP contribution in [-0.2, 0) is 16.3 Å². The zero-order valence-corrected chi connectivity index (χ0v) is 11.9.